The molecule has 1 aromatic carbocycles. The van der Waals surface area contributed by atoms with Gasteiger partial charge in [0.1, 0.15) is 12.4 Å². The zero-order valence-corrected chi connectivity index (χ0v) is 8.21. The van der Waals surface area contributed by atoms with E-state index < -0.39 is 0 Å². The fourth-order valence-corrected chi connectivity index (χ4v) is 1.05. The van der Waals surface area contributed by atoms with Crippen molar-refractivity contribution in [3.05, 3.63) is 12.1 Å². The van der Waals surface area contributed by atoms with Crippen molar-refractivity contribution in [2.45, 2.75) is 0 Å². The summed E-state index contributed by atoms with van der Waals surface area (Å²) in [4.78, 5) is 0. The van der Waals surface area contributed by atoms with Gasteiger partial charge in [-0.2, -0.15) is 0 Å². The third-order valence-electron chi connectivity index (χ3n) is 1.81. The van der Waals surface area contributed by atoms with Gasteiger partial charge in [-0.05, 0) is 13.1 Å². The number of nitrogens with one attached hydrogen (secondary N) is 1. The Bertz CT molecular complexity index is 314. The van der Waals surface area contributed by atoms with Crippen molar-refractivity contribution in [2.75, 3.05) is 37.4 Å². The second-order valence-corrected chi connectivity index (χ2v) is 2.97. The fraction of sp³-hybridized carbons (Fsp3) is 0.333. The minimum atomic E-state index is 0.440. The standard InChI is InChI=1S/C9H16N4O/c1-13-2-3-14-8-5-6(10)4-7(11)9(8)12/h4-5,13H,2-3,10-12H2,1H3. The molecule has 78 valence electrons. The molecule has 0 saturated heterocycles. The summed E-state index contributed by atoms with van der Waals surface area (Å²) in [7, 11) is 1.85. The second-order valence-electron chi connectivity index (χ2n) is 2.97. The summed E-state index contributed by atoms with van der Waals surface area (Å²) in [6.45, 7) is 1.28. The summed E-state index contributed by atoms with van der Waals surface area (Å²) < 4.78 is 5.39. The SMILES string of the molecule is CNCCOc1cc(N)cc(N)c1N. The third kappa shape index (κ3) is 2.43. The molecule has 0 fully saturated rings. The van der Waals surface area contributed by atoms with Crippen LogP contribution in [-0.2, 0) is 0 Å². The molecule has 0 spiro atoms. The van der Waals surface area contributed by atoms with E-state index in [1.165, 1.54) is 0 Å². The number of hydrogen-bond acceptors (Lipinski definition) is 5. The highest BCUT2D eigenvalue weighted by molar-refractivity contribution is 5.75. The number of hydrogen-bond donors (Lipinski definition) is 4. The molecule has 0 bridgehead atoms. The molecule has 14 heavy (non-hydrogen) atoms. The van der Waals surface area contributed by atoms with E-state index in [9.17, 15) is 0 Å². The maximum atomic E-state index is 5.71. The van der Waals surface area contributed by atoms with Crippen LogP contribution in [0.3, 0.4) is 0 Å². The van der Waals surface area contributed by atoms with Crippen LogP contribution >= 0.6 is 0 Å². The summed E-state index contributed by atoms with van der Waals surface area (Å²) in [5, 5.41) is 2.96. The molecule has 0 radical (unpaired) electrons. The second kappa shape index (κ2) is 4.57. The molecule has 1 rings (SSSR count). The first-order valence-corrected chi connectivity index (χ1v) is 4.37. The molecule has 0 aromatic heterocycles. The molecular weight excluding hydrogens is 180 g/mol. The summed E-state index contributed by atoms with van der Waals surface area (Å²) in [5.74, 6) is 0.540. The van der Waals surface area contributed by atoms with Crippen LogP contribution in [0.1, 0.15) is 0 Å². The van der Waals surface area contributed by atoms with Crippen molar-refractivity contribution in [1.29, 1.82) is 0 Å². The maximum Gasteiger partial charge on any atom is 0.146 e. The van der Waals surface area contributed by atoms with Crippen LogP contribution in [-0.4, -0.2) is 20.2 Å². The summed E-state index contributed by atoms with van der Waals surface area (Å²) in [6, 6.07) is 3.28. The van der Waals surface area contributed by atoms with E-state index in [1.807, 2.05) is 7.05 Å². The molecule has 0 amide bonds. The number of benzene rings is 1. The first-order chi connectivity index (χ1) is 6.65. The largest absolute Gasteiger partial charge is 0.490 e. The number of nitrogen functional groups attached to an aromatic ring is 3. The minimum Gasteiger partial charge on any atom is -0.490 e. The number of likely N-dealkylation sites (N-methyl/N-ethyl adjacent to an activating group) is 1. The Balaban J connectivity index is 2.75. The summed E-state index contributed by atoms with van der Waals surface area (Å²) in [6.07, 6.45) is 0. The van der Waals surface area contributed by atoms with Crippen molar-refractivity contribution in [3.63, 3.8) is 0 Å². The Morgan fingerprint density at radius 1 is 1.29 bits per heavy atom. The molecule has 7 N–H and O–H groups in total. The molecule has 0 aliphatic rings. The van der Waals surface area contributed by atoms with Gasteiger partial charge < -0.3 is 27.3 Å². The average Bonchev–Trinajstić information content (AvgIpc) is 2.13. The lowest BCUT2D eigenvalue weighted by Gasteiger charge is -2.11. The third-order valence-corrected chi connectivity index (χ3v) is 1.81. The minimum absolute atomic E-state index is 0.440. The van der Waals surface area contributed by atoms with Gasteiger partial charge in [0.05, 0.1) is 11.4 Å². The Morgan fingerprint density at radius 2 is 2.00 bits per heavy atom. The highest BCUT2D eigenvalue weighted by Crippen LogP contribution is 2.30. The van der Waals surface area contributed by atoms with E-state index >= 15 is 0 Å². The van der Waals surface area contributed by atoms with Gasteiger partial charge in [0.25, 0.3) is 0 Å². The normalized spacial score (nSPS) is 10.1. The van der Waals surface area contributed by atoms with Crippen LogP contribution in [0.4, 0.5) is 17.1 Å². The number of ether oxygens (including phenoxy) is 1. The Kier molecular flexibility index (Phi) is 3.41. The molecular formula is C9H16N4O. The van der Waals surface area contributed by atoms with Crippen molar-refractivity contribution >= 4 is 17.1 Å². The monoisotopic (exact) mass is 196 g/mol. The van der Waals surface area contributed by atoms with Crippen LogP contribution in [0.15, 0.2) is 12.1 Å². The molecule has 0 unspecified atom stereocenters. The van der Waals surface area contributed by atoms with E-state index in [0.29, 0.717) is 29.4 Å². The highest BCUT2D eigenvalue weighted by Gasteiger charge is 2.05. The molecule has 0 atom stereocenters. The fourth-order valence-electron chi connectivity index (χ4n) is 1.05. The zero-order chi connectivity index (χ0) is 10.6. The number of anilines is 3. The Labute approximate surface area is 83.2 Å². The van der Waals surface area contributed by atoms with Crippen LogP contribution in [0.2, 0.25) is 0 Å². The molecule has 0 heterocycles. The first-order valence-electron chi connectivity index (χ1n) is 4.37. The van der Waals surface area contributed by atoms with Crippen molar-refractivity contribution in [1.82, 2.24) is 5.32 Å². The predicted octanol–water partition coefficient (Wildman–Crippen LogP) is 0.0314. The van der Waals surface area contributed by atoms with Gasteiger partial charge in [0, 0.05) is 18.3 Å². The van der Waals surface area contributed by atoms with Crippen LogP contribution < -0.4 is 27.3 Å². The van der Waals surface area contributed by atoms with Gasteiger partial charge in [0.15, 0.2) is 0 Å². The van der Waals surface area contributed by atoms with Gasteiger partial charge in [-0.15, -0.1) is 0 Å². The summed E-state index contributed by atoms with van der Waals surface area (Å²) >= 11 is 0. The Hall–Kier alpha value is -1.62. The summed E-state index contributed by atoms with van der Waals surface area (Å²) in [5.41, 5.74) is 18.4. The van der Waals surface area contributed by atoms with Gasteiger partial charge in [-0.1, -0.05) is 0 Å². The van der Waals surface area contributed by atoms with Crippen LogP contribution in [0.5, 0.6) is 5.75 Å². The molecule has 1 aromatic rings. The lowest BCUT2D eigenvalue weighted by atomic mass is 10.2. The van der Waals surface area contributed by atoms with E-state index in [-0.39, 0.29) is 0 Å². The zero-order valence-electron chi connectivity index (χ0n) is 8.21. The van der Waals surface area contributed by atoms with E-state index in [1.54, 1.807) is 12.1 Å². The highest BCUT2D eigenvalue weighted by atomic mass is 16.5. The topological polar surface area (TPSA) is 99.3 Å². The van der Waals surface area contributed by atoms with Crippen molar-refractivity contribution in [2.24, 2.45) is 0 Å². The predicted molar refractivity (Wildman–Crippen MR) is 59.1 cm³/mol. The van der Waals surface area contributed by atoms with Crippen LogP contribution in [0.25, 0.3) is 0 Å². The van der Waals surface area contributed by atoms with Crippen molar-refractivity contribution in [3.8, 4) is 5.75 Å². The number of nitrogens with two attached hydrogens (primary N) is 3. The van der Waals surface area contributed by atoms with Gasteiger partial charge in [0.2, 0.25) is 0 Å². The molecule has 5 nitrogen and oxygen atoms in total. The molecule has 0 aliphatic carbocycles. The Morgan fingerprint density at radius 3 is 2.64 bits per heavy atom. The molecule has 0 aliphatic heterocycles. The van der Waals surface area contributed by atoms with E-state index in [0.717, 1.165) is 6.54 Å². The number of rotatable bonds is 4. The van der Waals surface area contributed by atoms with E-state index in [4.69, 9.17) is 21.9 Å². The maximum absolute atomic E-state index is 5.71. The molecule has 5 heteroatoms. The lowest BCUT2D eigenvalue weighted by Crippen LogP contribution is -2.16. The van der Waals surface area contributed by atoms with Crippen molar-refractivity contribution < 1.29 is 4.74 Å². The average molecular weight is 196 g/mol. The van der Waals surface area contributed by atoms with E-state index in [2.05, 4.69) is 5.32 Å². The van der Waals surface area contributed by atoms with Gasteiger partial charge in [-0.3, -0.25) is 0 Å². The smallest absolute Gasteiger partial charge is 0.146 e. The van der Waals surface area contributed by atoms with Gasteiger partial charge in [-0.25, -0.2) is 0 Å². The lowest BCUT2D eigenvalue weighted by molar-refractivity contribution is 0.320. The first kappa shape index (κ1) is 10.5. The van der Waals surface area contributed by atoms with Gasteiger partial charge >= 0.3 is 0 Å². The molecule has 0 saturated carbocycles. The van der Waals surface area contributed by atoms with Crippen LogP contribution in [0, 0.1) is 0 Å². The quantitative estimate of drug-likeness (QED) is 0.402.